The van der Waals surface area contributed by atoms with Crippen LogP contribution in [0.1, 0.15) is 51.0 Å². The number of anilines is 2. The Morgan fingerprint density at radius 3 is 2.77 bits per heavy atom. The fraction of sp³-hybridized carbons (Fsp3) is 0.485. The Kier molecular flexibility index (Phi) is 8.25. The van der Waals surface area contributed by atoms with Crippen LogP contribution >= 0.6 is 22.9 Å². The third-order valence-electron chi connectivity index (χ3n) is 10.1. The standard InChI is InChI=1S/C33H33ClF4N6O2S/c1-16-8-12-45-28-24-27(26(38)23(25(28)34)17-6-7-19(35)29-22(17)18(13-39)30(40)47-29)41-32(42-31(24)44(16)14-21(36)37)46-15-33-9-3-5-20(33)43(2)11-4-10-33/h6-7,16,20-21H,3-5,8-12,14-15,40H2,1-2H3/t16?,20-,33-/m1/s1. The monoisotopic (exact) mass is 688 g/mol. The predicted molar refractivity (Wildman–Crippen MR) is 175 cm³/mol. The summed E-state index contributed by atoms with van der Waals surface area (Å²) in [4.78, 5) is 13.0. The van der Waals surface area contributed by atoms with E-state index in [2.05, 4.69) is 21.9 Å². The van der Waals surface area contributed by atoms with Gasteiger partial charge in [0.25, 0.3) is 6.43 Å². The molecule has 2 fully saturated rings. The molecule has 14 heteroatoms. The Morgan fingerprint density at radius 2 is 2.00 bits per heavy atom. The number of fused-ring (bicyclic) bond motifs is 2. The summed E-state index contributed by atoms with van der Waals surface area (Å²) in [5.41, 5.74) is 5.63. The van der Waals surface area contributed by atoms with E-state index in [0.717, 1.165) is 56.1 Å². The molecule has 2 aromatic heterocycles. The number of halogens is 5. The molecule has 2 N–H and O–H groups in total. The minimum absolute atomic E-state index is 0.00771. The molecule has 0 bridgehead atoms. The highest BCUT2D eigenvalue weighted by Gasteiger charge is 2.47. The zero-order valence-electron chi connectivity index (χ0n) is 25.9. The second-order valence-corrected chi connectivity index (χ2v) is 14.2. The highest BCUT2D eigenvalue weighted by Crippen LogP contribution is 2.51. The van der Waals surface area contributed by atoms with E-state index < -0.39 is 30.6 Å². The van der Waals surface area contributed by atoms with Crippen LogP contribution < -0.4 is 20.1 Å². The highest BCUT2D eigenvalue weighted by molar-refractivity contribution is 7.23. The number of ether oxygens (including phenoxy) is 2. The maximum absolute atomic E-state index is 17.1. The number of rotatable bonds is 6. The Labute approximate surface area is 278 Å². The molecule has 4 heterocycles. The van der Waals surface area contributed by atoms with Crippen LogP contribution in [0.3, 0.4) is 0 Å². The number of nitrogens with two attached hydrogens (primary N) is 1. The van der Waals surface area contributed by atoms with Crippen molar-refractivity contribution in [3.63, 3.8) is 0 Å². The van der Waals surface area contributed by atoms with Crippen LogP contribution in [0.2, 0.25) is 5.02 Å². The predicted octanol–water partition coefficient (Wildman–Crippen LogP) is 7.78. The van der Waals surface area contributed by atoms with Crippen molar-refractivity contribution in [2.75, 3.05) is 44.0 Å². The maximum Gasteiger partial charge on any atom is 0.319 e. The van der Waals surface area contributed by atoms with Crippen molar-refractivity contribution in [1.82, 2.24) is 14.9 Å². The molecule has 4 aromatic rings. The minimum Gasteiger partial charge on any atom is -0.491 e. The number of aromatic nitrogens is 2. The summed E-state index contributed by atoms with van der Waals surface area (Å²) >= 11 is 7.82. The normalized spacial score (nSPS) is 23.1. The summed E-state index contributed by atoms with van der Waals surface area (Å²) < 4.78 is 72.7. The number of alkyl halides is 2. The molecular formula is C33H33ClF4N6O2S. The summed E-state index contributed by atoms with van der Waals surface area (Å²) in [5.74, 6) is -1.50. The molecule has 1 unspecified atom stereocenters. The van der Waals surface area contributed by atoms with E-state index in [4.69, 9.17) is 26.8 Å². The molecule has 8 nitrogen and oxygen atoms in total. The van der Waals surface area contributed by atoms with Crippen LogP contribution in [0, 0.1) is 28.4 Å². The molecule has 7 rings (SSSR count). The lowest BCUT2D eigenvalue weighted by Crippen LogP contribution is -2.50. The summed E-state index contributed by atoms with van der Waals surface area (Å²) in [6.45, 7) is 2.49. The third-order valence-corrected chi connectivity index (χ3v) is 11.5. The average molecular weight is 689 g/mol. The molecule has 3 aliphatic rings. The number of nitrogen functional groups attached to an aromatic ring is 1. The van der Waals surface area contributed by atoms with E-state index in [-0.39, 0.29) is 77.3 Å². The van der Waals surface area contributed by atoms with Crippen molar-refractivity contribution in [1.29, 1.82) is 5.26 Å². The molecule has 1 saturated heterocycles. The van der Waals surface area contributed by atoms with Crippen LogP contribution in [-0.2, 0) is 0 Å². The third kappa shape index (κ3) is 5.20. The van der Waals surface area contributed by atoms with Gasteiger partial charge in [-0.05, 0) is 57.8 Å². The van der Waals surface area contributed by atoms with Crippen molar-refractivity contribution in [2.24, 2.45) is 5.41 Å². The molecule has 0 amide bonds. The first-order valence-corrected chi connectivity index (χ1v) is 16.9. The number of hydrogen-bond donors (Lipinski definition) is 1. The van der Waals surface area contributed by atoms with Crippen LogP contribution in [-0.4, -0.2) is 66.7 Å². The average Bonchev–Trinajstić information content (AvgIpc) is 3.63. The van der Waals surface area contributed by atoms with Gasteiger partial charge >= 0.3 is 6.01 Å². The second-order valence-electron chi connectivity index (χ2n) is 12.8. The van der Waals surface area contributed by atoms with Crippen molar-refractivity contribution in [3.8, 4) is 29.0 Å². The molecular weight excluding hydrogens is 656 g/mol. The molecule has 2 aliphatic heterocycles. The number of likely N-dealkylation sites (tertiary alicyclic amines) is 1. The van der Waals surface area contributed by atoms with Crippen LogP contribution in [0.4, 0.5) is 28.4 Å². The van der Waals surface area contributed by atoms with Gasteiger partial charge < -0.3 is 25.0 Å². The SMILES string of the molecule is CC1CCOc2c(Cl)c(-c3ccc(F)c4sc(N)c(C#N)c34)c(F)c3nc(OC[C@]45CCC[C@H]4N(C)CCC5)nc(c23)N1CC(F)F. The van der Waals surface area contributed by atoms with E-state index in [9.17, 15) is 18.4 Å². The highest BCUT2D eigenvalue weighted by atomic mass is 35.5. The van der Waals surface area contributed by atoms with Crippen LogP contribution in [0.5, 0.6) is 11.8 Å². The Balaban J connectivity index is 1.47. The van der Waals surface area contributed by atoms with Crippen molar-refractivity contribution in [2.45, 2.75) is 64.0 Å². The largest absolute Gasteiger partial charge is 0.491 e. The fourth-order valence-corrected chi connectivity index (χ4v) is 9.17. The summed E-state index contributed by atoms with van der Waals surface area (Å²) in [7, 11) is 2.12. The van der Waals surface area contributed by atoms with Gasteiger partial charge in [-0.3, -0.25) is 0 Å². The van der Waals surface area contributed by atoms with E-state index in [1.807, 2.05) is 6.07 Å². The Bertz CT molecular complexity index is 1940. The lowest BCUT2D eigenvalue weighted by Gasteiger charge is -2.44. The topological polar surface area (TPSA) is 101 Å². The summed E-state index contributed by atoms with van der Waals surface area (Å²) in [5, 5.41) is 9.94. The molecule has 1 saturated carbocycles. The van der Waals surface area contributed by atoms with Gasteiger partial charge in [0.1, 0.15) is 28.2 Å². The van der Waals surface area contributed by atoms with Gasteiger partial charge in [-0.15, -0.1) is 11.3 Å². The zero-order valence-corrected chi connectivity index (χ0v) is 27.5. The van der Waals surface area contributed by atoms with Gasteiger partial charge in [0.15, 0.2) is 11.6 Å². The van der Waals surface area contributed by atoms with E-state index in [1.165, 1.54) is 11.0 Å². The molecule has 47 heavy (non-hydrogen) atoms. The number of benzene rings is 2. The Morgan fingerprint density at radius 1 is 1.21 bits per heavy atom. The fourth-order valence-electron chi connectivity index (χ4n) is 7.88. The molecule has 1 aliphatic carbocycles. The van der Waals surface area contributed by atoms with E-state index in [0.29, 0.717) is 19.1 Å². The van der Waals surface area contributed by atoms with Gasteiger partial charge in [-0.25, -0.2) is 17.6 Å². The van der Waals surface area contributed by atoms with Crippen molar-refractivity contribution < 1.29 is 27.0 Å². The molecule has 0 spiro atoms. The number of piperidine rings is 1. The van der Waals surface area contributed by atoms with Crippen molar-refractivity contribution >= 4 is 54.7 Å². The number of thiophene rings is 1. The molecule has 2 aromatic carbocycles. The van der Waals surface area contributed by atoms with Gasteiger partial charge in [0, 0.05) is 34.9 Å². The van der Waals surface area contributed by atoms with E-state index in [1.54, 1.807) is 6.92 Å². The Hall–Kier alpha value is -3.60. The number of nitrogens with zero attached hydrogens (tertiary/aromatic N) is 5. The lowest BCUT2D eigenvalue weighted by molar-refractivity contribution is 0.0133. The second kappa shape index (κ2) is 12.1. The molecule has 248 valence electrons. The van der Waals surface area contributed by atoms with Crippen LogP contribution in [0.25, 0.3) is 32.1 Å². The van der Waals surface area contributed by atoms with E-state index >= 15 is 4.39 Å². The zero-order chi connectivity index (χ0) is 33.2. The van der Waals surface area contributed by atoms with Gasteiger partial charge in [-0.1, -0.05) is 24.1 Å². The minimum atomic E-state index is -2.72. The lowest BCUT2D eigenvalue weighted by atomic mass is 9.76. The van der Waals surface area contributed by atoms with Gasteiger partial charge in [0.2, 0.25) is 0 Å². The first kappa shape index (κ1) is 32.0. The maximum atomic E-state index is 17.1. The van der Waals surface area contributed by atoms with Crippen LogP contribution in [0.15, 0.2) is 12.1 Å². The summed E-state index contributed by atoms with van der Waals surface area (Å²) in [6, 6.07) is 4.22. The summed E-state index contributed by atoms with van der Waals surface area (Å²) in [6.07, 6.45) is 2.68. The van der Waals surface area contributed by atoms with Crippen molar-refractivity contribution in [3.05, 3.63) is 34.4 Å². The smallest absolute Gasteiger partial charge is 0.319 e. The van der Waals surface area contributed by atoms with Gasteiger partial charge in [-0.2, -0.15) is 15.2 Å². The first-order chi connectivity index (χ1) is 22.5. The number of hydrogen-bond acceptors (Lipinski definition) is 9. The number of nitriles is 1. The molecule has 3 atom stereocenters. The quantitative estimate of drug-likeness (QED) is 0.205. The first-order valence-electron chi connectivity index (χ1n) is 15.7. The molecule has 0 radical (unpaired) electrons. The van der Waals surface area contributed by atoms with Gasteiger partial charge in [0.05, 0.1) is 40.4 Å².